The molecule has 1 atom stereocenters. The molecule has 3 rings (SSSR count). The summed E-state index contributed by atoms with van der Waals surface area (Å²) in [5.41, 5.74) is 1.48. The van der Waals surface area contributed by atoms with E-state index < -0.39 is 0 Å². The van der Waals surface area contributed by atoms with Gasteiger partial charge in [-0.2, -0.15) is 4.98 Å². The van der Waals surface area contributed by atoms with Crippen LogP contribution >= 0.6 is 0 Å². The van der Waals surface area contributed by atoms with Gasteiger partial charge in [-0.05, 0) is 37.8 Å². The molecule has 1 aliphatic heterocycles. The van der Waals surface area contributed by atoms with Gasteiger partial charge < -0.3 is 19.7 Å². The normalized spacial score (nSPS) is 16.7. The predicted octanol–water partition coefficient (Wildman–Crippen LogP) is 3.05. The summed E-state index contributed by atoms with van der Waals surface area (Å²) in [6.45, 7) is 5.91. The highest BCUT2D eigenvalue weighted by Gasteiger charge is 2.19. The Hall–Kier alpha value is -2.83. The molecule has 0 unspecified atom stereocenters. The molecule has 0 aliphatic carbocycles. The zero-order chi connectivity index (χ0) is 19.2. The van der Waals surface area contributed by atoms with Crippen molar-refractivity contribution in [1.29, 1.82) is 0 Å². The van der Waals surface area contributed by atoms with Crippen molar-refractivity contribution in [3.05, 3.63) is 36.0 Å². The van der Waals surface area contributed by atoms with Crippen molar-refractivity contribution < 1.29 is 14.3 Å². The molecule has 0 radical (unpaired) electrons. The highest BCUT2D eigenvalue weighted by atomic mass is 16.5. The second kappa shape index (κ2) is 8.70. The minimum Gasteiger partial charge on any atom is -0.497 e. The Morgan fingerprint density at radius 3 is 2.96 bits per heavy atom. The van der Waals surface area contributed by atoms with E-state index in [1.54, 1.807) is 25.3 Å². The van der Waals surface area contributed by atoms with E-state index in [0.29, 0.717) is 29.2 Å². The van der Waals surface area contributed by atoms with Gasteiger partial charge in [0.25, 0.3) is 5.91 Å². The number of carbonyl (C=O) groups is 1. The van der Waals surface area contributed by atoms with Gasteiger partial charge in [-0.3, -0.25) is 4.79 Å². The fraction of sp³-hybridized carbons (Fsp3) is 0.450. The highest BCUT2D eigenvalue weighted by molar-refractivity contribution is 5.92. The Balaban J connectivity index is 1.60. The summed E-state index contributed by atoms with van der Waals surface area (Å²) >= 11 is 0. The monoisotopic (exact) mass is 370 g/mol. The van der Waals surface area contributed by atoms with E-state index in [2.05, 4.69) is 27.1 Å². The van der Waals surface area contributed by atoms with Gasteiger partial charge in [-0.15, -0.1) is 0 Å². The molecule has 1 amide bonds. The number of benzene rings is 1. The number of ether oxygens (including phenoxy) is 2. The van der Waals surface area contributed by atoms with Crippen molar-refractivity contribution >= 4 is 17.5 Å². The van der Waals surface area contributed by atoms with Gasteiger partial charge in [-0.1, -0.05) is 13.0 Å². The topological polar surface area (TPSA) is 76.6 Å². The van der Waals surface area contributed by atoms with Crippen LogP contribution in [-0.2, 0) is 4.79 Å². The zero-order valence-corrected chi connectivity index (χ0v) is 16.1. The molecule has 0 saturated carbocycles. The highest BCUT2D eigenvalue weighted by Crippen LogP contribution is 2.22. The summed E-state index contributed by atoms with van der Waals surface area (Å²) in [7, 11) is 1.59. The van der Waals surface area contributed by atoms with Crippen LogP contribution in [0, 0.1) is 12.8 Å². The van der Waals surface area contributed by atoms with Crippen LogP contribution in [-0.4, -0.2) is 42.7 Å². The van der Waals surface area contributed by atoms with E-state index >= 15 is 0 Å². The SMILES string of the molecule is COc1cccc(NC(=O)COc2cc(C)nc(N3CCC[C@H](C)C3)n2)c1. The number of hydrogen-bond donors (Lipinski definition) is 1. The van der Waals surface area contributed by atoms with Gasteiger partial charge >= 0.3 is 0 Å². The van der Waals surface area contributed by atoms with Crippen LogP contribution in [0.15, 0.2) is 30.3 Å². The number of nitrogens with zero attached hydrogens (tertiary/aromatic N) is 3. The summed E-state index contributed by atoms with van der Waals surface area (Å²) in [5.74, 6) is 2.13. The fourth-order valence-electron chi connectivity index (χ4n) is 3.15. The minimum absolute atomic E-state index is 0.122. The number of hydrogen-bond acceptors (Lipinski definition) is 6. The van der Waals surface area contributed by atoms with Crippen molar-refractivity contribution in [2.75, 3.05) is 37.0 Å². The third-order valence-electron chi connectivity index (χ3n) is 4.46. The van der Waals surface area contributed by atoms with Crippen LogP contribution in [0.5, 0.6) is 11.6 Å². The van der Waals surface area contributed by atoms with E-state index in [0.717, 1.165) is 25.2 Å². The Kier molecular flexibility index (Phi) is 6.11. The summed E-state index contributed by atoms with van der Waals surface area (Å²) in [6.07, 6.45) is 2.37. The number of aromatic nitrogens is 2. The van der Waals surface area contributed by atoms with Crippen LogP contribution in [0.3, 0.4) is 0 Å². The minimum atomic E-state index is -0.257. The number of piperidine rings is 1. The van der Waals surface area contributed by atoms with E-state index in [1.165, 1.54) is 6.42 Å². The first kappa shape index (κ1) is 18.9. The van der Waals surface area contributed by atoms with E-state index in [4.69, 9.17) is 9.47 Å². The van der Waals surface area contributed by atoms with Gasteiger partial charge in [0.1, 0.15) is 5.75 Å². The molecule has 1 aromatic heterocycles. The third-order valence-corrected chi connectivity index (χ3v) is 4.46. The van der Waals surface area contributed by atoms with Crippen molar-refractivity contribution in [3.63, 3.8) is 0 Å². The predicted molar refractivity (Wildman–Crippen MR) is 104 cm³/mol. The lowest BCUT2D eigenvalue weighted by atomic mass is 10.0. The molecule has 1 saturated heterocycles. The average molecular weight is 370 g/mol. The summed E-state index contributed by atoms with van der Waals surface area (Å²) in [5, 5.41) is 2.79. The molecule has 7 heteroatoms. The van der Waals surface area contributed by atoms with E-state index in [9.17, 15) is 4.79 Å². The fourth-order valence-corrected chi connectivity index (χ4v) is 3.15. The first-order chi connectivity index (χ1) is 13.0. The number of nitrogens with one attached hydrogen (secondary N) is 1. The molecule has 2 heterocycles. The van der Waals surface area contributed by atoms with Crippen LogP contribution in [0.2, 0.25) is 0 Å². The molecule has 1 N–H and O–H groups in total. The van der Waals surface area contributed by atoms with Gasteiger partial charge in [0.15, 0.2) is 6.61 Å². The van der Waals surface area contributed by atoms with Crippen molar-refractivity contribution in [2.24, 2.45) is 5.92 Å². The third kappa shape index (κ3) is 5.32. The number of amides is 1. The Morgan fingerprint density at radius 2 is 2.19 bits per heavy atom. The van der Waals surface area contributed by atoms with Gasteiger partial charge in [0.05, 0.1) is 7.11 Å². The maximum absolute atomic E-state index is 12.2. The molecular weight excluding hydrogens is 344 g/mol. The lowest BCUT2D eigenvalue weighted by Crippen LogP contribution is -2.35. The van der Waals surface area contributed by atoms with Crippen LogP contribution in [0.25, 0.3) is 0 Å². The molecular formula is C20H26N4O3. The van der Waals surface area contributed by atoms with Crippen molar-refractivity contribution in [2.45, 2.75) is 26.7 Å². The smallest absolute Gasteiger partial charge is 0.262 e. The lowest BCUT2D eigenvalue weighted by Gasteiger charge is -2.31. The average Bonchev–Trinajstić information content (AvgIpc) is 2.66. The second-order valence-electron chi connectivity index (χ2n) is 6.91. The standard InChI is InChI=1S/C20H26N4O3/c1-14-6-5-9-24(12-14)20-21-15(2)10-19(23-20)27-13-18(25)22-16-7-4-8-17(11-16)26-3/h4,7-8,10-11,14H,5-6,9,12-13H2,1-3H3,(H,22,25)/t14-/m0/s1. The Bertz CT molecular complexity index is 797. The first-order valence-corrected chi connectivity index (χ1v) is 9.21. The lowest BCUT2D eigenvalue weighted by molar-refractivity contribution is -0.118. The number of aryl methyl sites for hydroxylation is 1. The van der Waals surface area contributed by atoms with Crippen LogP contribution < -0.4 is 19.7 Å². The van der Waals surface area contributed by atoms with E-state index in [-0.39, 0.29) is 12.5 Å². The molecule has 1 fully saturated rings. The number of methoxy groups -OCH3 is 1. The molecule has 1 aromatic carbocycles. The maximum atomic E-state index is 12.2. The molecule has 7 nitrogen and oxygen atoms in total. The number of rotatable bonds is 6. The quantitative estimate of drug-likeness (QED) is 0.842. The van der Waals surface area contributed by atoms with Crippen LogP contribution in [0.1, 0.15) is 25.5 Å². The molecule has 27 heavy (non-hydrogen) atoms. The van der Waals surface area contributed by atoms with Gasteiger partial charge in [0.2, 0.25) is 11.8 Å². The first-order valence-electron chi connectivity index (χ1n) is 9.21. The molecule has 2 aromatic rings. The van der Waals surface area contributed by atoms with Gasteiger partial charge in [-0.25, -0.2) is 4.98 Å². The maximum Gasteiger partial charge on any atom is 0.262 e. The molecule has 144 valence electrons. The van der Waals surface area contributed by atoms with Crippen molar-refractivity contribution in [3.8, 4) is 11.6 Å². The number of anilines is 2. The second-order valence-corrected chi connectivity index (χ2v) is 6.91. The summed E-state index contributed by atoms with van der Waals surface area (Å²) < 4.78 is 10.8. The molecule has 0 bridgehead atoms. The Labute approximate surface area is 159 Å². The summed E-state index contributed by atoms with van der Waals surface area (Å²) in [4.78, 5) is 23.4. The number of carbonyl (C=O) groups excluding carboxylic acids is 1. The Morgan fingerprint density at radius 1 is 1.33 bits per heavy atom. The van der Waals surface area contributed by atoms with E-state index in [1.807, 2.05) is 19.1 Å². The molecule has 0 spiro atoms. The van der Waals surface area contributed by atoms with Gasteiger partial charge in [0, 0.05) is 36.6 Å². The zero-order valence-electron chi connectivity index (χ0n) is 16.1. The largest absolute Gasteiger partial charge is 0.497 e. The molecule has 1 aliphatic rings. The van der Waals surface area contributed by atoms with Crippen molar-refractivity contribution in [1.82, 2.24) is 9.97 Å². The van der Waals surface area contributed by atoms with Crippen LogP contribution in [0.4, 0.5) is 11.6 Å². The summed E-state index contributed by atoms with van der Waals surface area (Å²) in [6, 6.07) is 8.93.